The van der Waals surface area contributed by atoms with E-state index in [0.29, 0.717) is 5.13 Å². The third-order valence-corrected chi connectivity index (χ3v) is 3.07. The molecule has 2 rings (SSSR count). The fraction of sp³-hybridized carbons (Fsp3) is 0.111. The average molecular weight is 226 g/mol. The van der Waals surface area contributed by atoms with Gasteiger partial charge in [0.2, 0.25) is 5.13 Å². The van der Waals surface area contributed by atoms with Crippen molar-refractivity contribution in [3.8, 4) is 10.6 Å². The van der Waals surface area contributed by atoms with Crippen molar-refractivity contribution in [2.45, 2.75) is 6.92 Å². The summed E-state index contributed by atoms with van der Waals surface area (Å²) in [6, 6.07) is 5.74. The van der Waals surface area contributed by atoms with E-state index in [0.717, 1.165) is 21.2 Å². The van der Waals surface area contributed by atoms with E-state index in [2.05, 4.69) is 10.2 Å². The summed E-state index contributed by atoms with van der Waals surface area (Å²) in [5.74, 6) is 0. The molecule has 0 unspecified atom stereocenters. The molecule has 1 aromatic carbocycles. The molecular formula is C9H8ClN3S. The van der Waals surface area contributed by atoms with Gasteiger partial charge in [0.1, 0.15) is 5.01 Å². The molecule has 0 bridgehead atoms. The molecule has 0 saturated heterocycles. The first-order valence-electron chi connectivity index (χ1n) is 4.02. The summed E-state index contributed by atoms with van der Waals surface area (Å²) in [5, 5.41) is 9.77. The maximum absolute atomic E-state index is 5.92. The first-order chi connectivity index (χ1) is 6.66. The lowest BCUT2D eigenvalue weighted by molar-refractivity contribution is 1.10. The van der Waals surface area contributed by atoms with Crippen molar-refractivity contribution < 1.29 is 0 Å². The number of halogens is 1. The van der Waals surface area contributed by atoms with E-state index in [-0.39, 0.29) is 0 Å². The van der Waals surface area contributed by atoms with Crippen LogP contribution < -0.4 is 5.73 Å². The number of nitrogens with two attached hydrogens (primary N) is 1. The van der Waals surface area contributed by atoms with Gasteiger partial charge in [-0.05, 0) is 24.6 Å². The average Bonchev–Trinajstić information content (AvgIpc) is 2.57. The Hall–Kier alpha value is -1.13. The van der Waals surface area contributed by atoms with E-state index in [9.17, 15) is 0 Å². The standard InChI is InChI=1S/C9H8ClN3S/c1-5-4-6(2-3-7(5)10)8-12-13-9(11)14-8/h2-4H,1H3,(H2,11,13). The predicted octanol–water partition coefficient (Wildman–Crippen LogP) is 2.75. The Morgan fingerprint density at radius 2 is 2.14 bits per heavy atom. The maximum Gasteiger partial charge on any atom is 0.203 e. The number of nitrogens with zero attached hydrogens (tertiary/aromatic N) is 2. The monoisotopic (exact) mass is 225 g/mol. The largest absolute Gasteiger partial charge is 0.374 e. The summed E-state index contributed by atoms with van der Waals surface area (Å²) in [6.45, 7) is 1.95. The molecule has 0 amide bonds. The molecule has 3 nitrogen and oxygen atoms in total. The van der Waals surface area contributed by atoms with Crippen molar-refractivity contribution in [3.05, 3.63) is 28.8 Å². The van der Waals surface area contributed by atoms with Gasteiger partial charge in [-0.1, -0.05) is 29.0 Å². The van der Waals surface area contributed by atoms with Gasteiger partial charge >= 0.3 is 0 Å². The molecule has 2 aromatic rings. The fourth-order valence-electron chi connectivity index (χ4n) is 1.13. The van der Waals surface area contributed by atoms with Crippen LogP contribution in [0.15, 0.2) is 18.2 Å². The molecule has 0 fully saturated rings. The van der Waals surface area contributed by atoms with Crippen LogP contribution >= 0.6 is 22.9 Å². The molecule has 0 aliphatic rings. The molecule has 0 radical (unpaired) electrons. The zero-order valence-corrected chi connectivity index (χ0v) is 9.06. The van der Waals surface area contributed by atoms with Crippen LogP contribution in [0.1, 0.15) is 5.56 Å². The molecule has 0 aliphatic heterocycles. The third-order valence-electron chi connectivity index (χ3n) is 1.85. The molecule has 0 atom stereocenters. The maximum atomic E-state index is 5.92. The van der Waals surface area contributed by atoms with Gasteiger partial charge in [-0.15, -0.1) is 10.2 Å². The Morgan fingerprint density at radius 1 is 1.36 bits per heavy atom. The molecule has 14 heavy (non-hydrogen) atoms. The van der Waals surface area contributed by atoms with Crippen molar-refractivity contribution in [1.29, 1.82) is 0 Å². The van der Waals surface area contributed by atoms with E-state index < -0.39 is 0 Å². The SMILES string of the molecule is Cc1cc(-c2nnc(N)s2)ccc1Cl. The lowest BCUT2D eigenvalue weighted by Gasteiger charge is -1.99. The van der Waals surface area contributed by atoms with Crippen LogP contribution in [0.3, 0.4) is 0 Å². The number of rotatable bonds is 1. The summed E-state index contributed by atoms with van der Waals surface area (Å²) in [4.78, 5) is 0. The molecule has 0 saturated carbocycles. The smallest absolute Gasteiger partial charge is 0.203 e. The molecule has 1 heterocycles. The summed E-state index contributed by atoms with van der Waals surface area (Å²) < 4.78 is 0. The van der Waals surface area contributed by atoms with Crippen LogP contribution in [0.2, 0.25) is 5.02 Å². The first kappa shape index (κ1) is 9.43. The second-order valence-corrected chi connectivity index (χ2v) is 4.33. The molecule has 5 heteroatoms. The number of aromatic nitrogens is 2. The number of hydrogen-bond donors (Lipinski definition) is 1. The summed E-state index contributed by atoms with van der Waals surface area (Å²) in [6.07, 6.45) is 0. The van der Waals surface area contributed by atoms with Crippen LogP contribution in [0.5, 0.6) is 0 Å². The molecule has 2 N–H and O–H groups in total. The van der Waals surface area contributed by atoms with Gasteiger partial charge in [0.05, 0.1) is 0 Å². The zero-order chi connectivity index (χ0) is 10.1. The highest BCUT2D eigenvalue weighted by Gasteiger charge is 2.05. The van der Waals surface area contributed by atoms with Gasteiger partial charge in [0, 0.05) is 10.6 Å². The van der Waals surface area contributed by atoms with Gasteiger partial charge in [-0.25, -0.2) is 0 Å². The molecule has 0 spiro atoms. The van der Waals surface area contributed by atoms with E-state index >= 15 is 0 Å². The van der Waals surface area contributed by atoms with Gasteiger partial charge in [0.25, 0.3) is 0 Å². The van der Waals surface area contributed by atoms with Crippen LogP contribution in [0.25, 0.3) is 10.6 Å². The minimum absolute atomic E-state index is 0.479. The Kier molecular flexibility index (Phi) is 2.39. The summed E-state index contributed by atoms with van der Waals surface area (Å²) >= 11 is 7.28. The zero-order valence-electron chi connectivity index (χ0n) is 7.49. The van der Waals surface area contributed by atoms with Gasteiger partial charge in [-0.2, -0.15) is 0 Å². The quantitative estimate of drug-likeness (QED) is 0.812. The Balaban J connectivity index is 2.47. The Bertz CT molecular complexity index is 467. The highest BCUT2D eigenvalue weighted by atomic mass is 35.5. The van der Waals surface area contributed by atoms with Gasteiger partial charge in [-0.3, -0.25) is 0 Å². The predicted molar refractivity (Wildman–Crippen MR) is 59.5 cm³/mol. The van der Waals surface area contributed by atoms with Gasteiger partial charge < -0.3 is 5.73 Å². The van der Waals surface area contributed by atoms with E-state index in [1.54, 1.807) is 0 Å². The minimum atomic E-state index is 0.479. The molecule has 1 aromatic heterocycles. The fourth-order valence-corrected chi connectivity index (χ4v) is 1.85. The highest BCUT2D eigenvalue weighted by Crippen LogP contribution is 2.27. The van der Waals surface area contributed by atoms with Crippen molar-refractivity contribution >= 4 is 28.1 Å². The normalized spacial score (nSPS) is 10.4. The topological polar surface area (TPSA) is 51.8 Å². The van der Waals surface area contributed by atoms with Gasteiger partial charge in [0.15, 0.2) is 0 Å². The number of anilines is 1. The second kappa shape index (κ2) is 3.55. The second-order valence-electron chi connectivity index (χ2n) is 2.91. The minimum Gasteiger partial charge on any atom is -0.374 e. The summed E-state index contributed by atoms with van der Waals surface area (Å²) in [7, 11) is 0. The van der Waals surface area contributed by atoms with Crippen molar-refractivity contribution in [2.24, 2.45) is 0 Å². The summed E-state index contributed by atoms with van der Waals surface area (Å²) in [5.41, 5.74) is 7.53. The first-order valence-corrected chi connectivity index (χ1v) is 5.22. The number of nitrogen functional groups attached to an aromatic ring is 1. The van der Waals surface area contributed by atoms with Crippen molar-refractivity contribution in [1.82, 2.24) is 10.2 Å². The van der Waals surface area contributed by atoms with E-state index in [1.165, 1.54) is 11.3 Å². The van der Waals surface area contributed by atoms with Crippen LogP contribution in [0.4, 0.5) is 5.13 Å². The highest BCUT2D eigenvalue weighted by molar-refractivity contribution is 7.18. The van der Waals surface area contributed by atoms with Crippen LogP contribution in [-0.4, -0.2) is 10.2 Å². The van der Waals surface area contributed by atoms with Crippen LogP contribution in [-0.2, 0) is 0 Å². The Morgan fingerprint density at radius 3 is 2.71 bits per heavy atom. The third kappa shape index (κ3) is 1.71. The molecule has 72 valence electrons. The number of aryl methyl sites for hydroxylation is 1. The molecular weight excluding hydrogens is 218 g/mol. The molecule has 0 aliphatic carbocycles. The van der Waals surface area contributed by atoms with E-state index in [1.807, 2.05) is 25.1 Å². The van der Waals surface area contributed by atoms with E-state index in [4.69, 9.17) is 17.3 Å². The Labute approximate surface area is 90.5 Å². The lowest BCUT2D eigenvalue weighted by atomic mass is 10.1. The van der Waals surface area contributed by atoms with Crippen molar-refractivity contribution in [3.63, 3.8) is 0 Å². The number of hydrogen-bond acceptors (Lipinski definition) is 4. The number of benzene rings is 1. The lowest BCUT2D eigenvalue weighted by Crippen LogP contribution is -1.81. The van der Waals surface area contributed by atoms with Crippen LogP contribution in [0, 0.1) is 6.92 Å². The van der Waals surface area contributed by atoms with Crippen molar-refractivity contribution in [2.75, 3.05) is 5.73 Å².